The normalized spacial score (nSPS) is 10.5. The van der Waals surface area contributed by atoms with Crippen LogP contribution in [0.1, 0.15) is 41.3 Å². The fourth-order valence-corrected chi connectivity index (χ4v) is 3.57. The number of carbonyl (C=O) groups is 3. The number of benzene rings is 3. The zero-order chi connectivity index (χ0) is 23.8. The maximum atomic E-state index is 12.9. The second kappa shape index (κ2) is 11.1. The smallest absolute Gasteiger partial charge is 0.323 e. The minimum atomic E-state index is -0.431. The van der Waals surface area contributed by atoms with E-state index in [-0.39, 0.29) is 18.3 Å². The molecule has 3 N–H and O–H groups in total. The second-order valence-corrected chi connectivity index (χ2v) is 7.76. The van der Waals surface area contributed by atoms with Gasteiger partial charge in [-0.2, -0.15) is 0 Å². The maximum Gasteiger partial charge on any atom is 0.323 e. The van der Waals surface area contributed by atoms with Crippen LogP contribution in [0, 0.1) is 13.8 Å². The van der Waals surface area contributed by atoms with Crippen LogP contribution in [-0.4, -0.2) is 31.1 Å². The van der Waals surface area contributed by atoms with Crippen molar-refractivity contribution in [3.05, 3.63) is 71.3 Å². The van der Waals surface area contributed by atoms with Crippen LogP contribution in [0.25, 0.3) is 10.8 Å². The van der Waals surface area contributed by atoms with Crippen molar-refractivity contribution in [1.82, 2.24) is 5.32 Å². The fourth-order valence-electron chi connectivity index (χ4n) is 3.57. The van der Waals surface area contributed by atoms with Crippen molar-refractivity contribution < 1.29 is 19.1 Å². The molecule has 0 saturated heterocycles. The number of fused-ring (bicyclic) bond motifs is 1. The number of anilines is 2. The lowest BCUT2D eigenvalue weighted by atomic mass is 10.0. The highest BCUT2D eigenvalue weighted by atomic mass is 16.5. The molecule has 7 heteroatoms. The monoisotopic (exact) mass is 447 g/mol. The summed E-state index contributed by atoms with van der Waals surface area (Å²) in [5, 5.41) is 10.3. The van der Waals surface area contributed by atoms with E-state index in [9.17, 15) is 14.4 Å². The van der Waals surface area contributed by atoms with Crippen LogP contribution in [0.4, 0.5) is 16.2 Å². The molecule has 0 aliphatic carbocycles. The van der Waals surface area contributed by atoms with Crippen molar-refractivity contribution in [3.8, 4) is 0 Å². The van der Waals surface area contributed by atoms with Gasteiger partial charge in [-0.25, -0.2) is 4.79 Å². The largest absolute Gasteiger partial charge is 0.466 e. The van der Waals surface area contributed by atoms with Crippen LogP contribution >= 0.6 is 0 Å². The van der Waals surface area contributed by atoms with Gasteiger partial charge in [0, 0.05) is 18.7 Å². The molecule has 0 aliphatic rings. The van der Waals surface area contributed by atoms with Gasteiger partial charge in [0.25, 0.3) is 5.91 Å². The Bertz CT molecular complexity index is 1150. The first-order chi connectivity index (χ1) is 15.9. The third-order valence-corrected chi connectivity index (χ3v) is 5.25. The number of aryl methyl sites for hydroxylation is 2. The van der Waals surface area contributed by atoms with Crippen LogP contribution < -0.4 is 16.0 Å². The van der Waals surface area contributed by atoms with Gasteiger partial charge in [-0.1, -0.05) is 42.5 Å². The van der Waals surface area contributed by atoms with Crippen LogP contribution in [0.5, 0.6) is 0 Å². The van der Waals surface area contributed by atoms with Gasteiger partial charge in [0.15, 0.2) is 0 Å². The highest BCUT2D eigenvalue weighted by Crippen LogP contribution is 2.25. The Morgan fingerprint density at radius 1 is 0.879 bits per heavy atom. The highest BCUT2D eigenvalue weighted by Gasteiger charge is 2.16. The molecule has 3 aromatic rings. The molecule has 7 nitrogen and oxygen atoms in total. The number of amides is 3. The minimum Gasteiger partial charge on any atom is -0.466 e. The molecule has 3 aromatic carbocycles. The van der Waals surface area contributed by atoms with Crippen LogP contribution in [-0.2, 0) is 9.53 Å². The van der Waals surface area contributed by atoms with Crippen molar-refractivity contribution in [2.75, 3.05) is 23.8 Å². The minimum absolute atomic E-state index is 0.231. The number of esters is 1. The van der Waals surface area contributed by atoms with E-state index in [1.165, 1.54) is 0 Å². The Labute approximate surface area is 193 Å². The molecule has 3 amide bonds. The quantitative estimate of drug-likeness (QED) is 0.328. The summed E-state index contributed by atoms with van der Waals surface area (Å²) in [6.07, 6.45) is 0.698. The number of hydrogen-bond donors (Lipinski definition) is 3. The first-order valence-electron chi connectivity index (χ1n) is 11.0. The van der Waals surface area contributed by atoms with Gasteiger partial charge < -0.3 is 20.7 Å². The van der Waals surface area contributed by atoms with Crippen molar-refractivity contribution in [1.29, 1.82) is 0 Å². The lowest BCUT2D eigenvalue weighted by molar-refractivity contribution is -0.143. The summed E-state index contributed by atoms with van der Waals surface area (Å²) in [7, 11) is 0. The van der Waals surface area contributed by atoms with Crippen LogP contribution in [0.15, 0.2) is 54.6 Å². The third kappa shape index (κ3) is 6.32. The number of rotatable bonds is 8. The van der Waals surface area contributed by atoms with E-state index in [0.29, 0.717) is 30.8 Å². The van der Waals surface area contributed by atoms with Gasteiger partial charge in [-0.3, -0.25) is 9.59 Å². The second-order valence-electron chi connectivity index (χ2n) is 7.76. The first kappa shape index (κ1) is 23.8. The Hall–Kier alpha value is -3.87. The third-order valence-electron chi connectivity index (χ3n) is 5.25. The average Bonchev–Trinajstić information content (AvgIpc) is 2.79. The molecular weight excluding hydrogens is 418 g/mol. The zero-order valence-electron chi connectivity index (χ0n) is 19.2. The van der Waals surface area contributed by atoms with Gasteiger partial charge in [-0.15, -0.1) is 0 Å². The number of hydrogen-bond acceptors (Lipinski definition) is 4. The molecule has 0 atom stereocenters. The number of nitrogens with one attached hydrogen (secondary N) is 3. The van der Waals surface area contributed by atoms with Gasteiger partial charge >= 0.3 is 12.0 Å². The molecule has 0 bridgehead atoms. The molecule has 0 unspecified atom stereocenters. The molecule has 33 heavy (non-hydrogen) atoms. The molecule has 0 radical (unpaired) electrons. The summed E-state index contributed by atoms with van der Waals surface area (Å²) >= 11 is 0. The maximum absolute atomic E-state index is 12.9. The Balaban J connectivity index is 1.77. The fraction of sp³-hybridized carbons (Fsp3) is 0.269. The summed E-state index contributed by atoms with van der Waals surface area (Å²) in [6.45, 7) is 6.26. The van der Waals surface area contributed by atoms with Crippen molar-refractivity contribution >= 4 is 40.1 Å². The van der Waals surface area contributed by atoms with E-state index < -0.39 is 6.03 Å². The summed E-state index contributed by atoms with van der Waals surface area (Å²) in [6, 6.07) is 16.5. The number of para-hydroxylation sites is 1. The molecule has 172 valence electrons. The van der Waals surface area contributed by atoms with E-state index >= 15 is 0 Å². The SMILES string of the molecule is CCOC(=O)CCCNC(=O)c1cc2ccccc2cc1NC(=O)Nc1c(C)cccc1C. The Morgan fingerprint density at radius 2 is 1.55 bits per heavy atom. The van der Waals surface area contributed by atoms with E-state index in [2.05, 4.69) is 16.0 Å². The lowest BCUT2D eigenvalue weighted by Crippen LogP contribution is -2.28. The highest BCUT2D eigenvalue weighted by molar-refractivity contribution is 6.09. The van der Waals surface area contributed by atoms with Gasteiger partial charge in [0.2, 0.25) is 0 Å². The summed E-state index contributed by atoms with van der Waals surface area (Å²) in [5.74, 6) is -0.616. The summed E-state index contributed by atoms with van der Waals surface area (Å²) in [5.41, 5.74) is 3.38. The Morgan fingerprint density at radius 3 is 2.21 bits per heavy atom. The molecule has 0 heterocycles. The van der Waals surface area contributed by atoms with Gasteiger partial charge in [0.05, 0.1) is 17.9 Å². The molecule has 0 saturated carbocycles. The zero-order valence-corrected chi connectivity index (χ0v) is 19.2. The summed E-state index contributed by atoms with van der Waals surface area (Å²) in [4.78, 5) is 37.2. The van der Waals surface area contributed by atoms with E-state index in [4.69, 9.17) is 4.74 Å². The molecule has 0 aromatic heterocycles. The predicted molar refractivity (Wildman–Crippen MR) is 131 cm³/mol. The molecule has 0 spiro atoms. The Kier molecular flexibility index (Phi) is 8.02. The van der Waals surface area contributed by atoms with Crippen molar-refractivity contribution in [3.63, 3.8) is 0 Å². The van der Waals surface area contributed by atoms with E-state index in [0.717, 1.165) is 27.6 Å². The first-order valence-corrected chi connectivity index (χ1v) is 11.0. The molecule has 0 aliphatic heterocycles. The number of ether oxygens (including phenoxy) is 1. The van der Waals surface area contributed by atoms with Crippen molar-refractivity contribution in [2.45, 2.75) is 33.6 Å². The van der Waals surface area contributed by atoms with E-state index in [1.807, 2.05) is 56.3 Å². The number of carbonyl (C=O) groups excluding carboxylic acids is 3. The molecular formula is C26H29N3O4. The van der Waals surface area contributed by atoms with Crippen LogP contribution in [0.2, 0.25) is 0 Å². The van der Waals surface area contributed by atoms with E-state index in [1.54, 1.807) is 19.1 Å². The number of urea groups is 1. The van der Waals surface area contributed by atoms with Crippen LogP contribution in [0.3, 0.4) is 0 Å². The van der Waals surface area contributed by atoms with Crippen molar-refractivity contribution in [2.24, 2.45) is 0 Å². The van der Waals surface area contributed by atoms with Gasteiger partial charge in [0.1, 0.15) is 0 Å². The average molecular weight is 448 g/mol. The molecule has 3 rings (SSSR count). The summed E-state index contributed by atoms with van der Waals surface area (Å²) < 4.78 is 4.90. The lowest BCUT2D eigenvalue weighted by Gasteiger charge is -2.15. The predicted octanol–water partition coefficient (Wildman–Crippen LogP) is 5.17. The standard InChI is InChI=1S/C26H29N3O4/c1-4-33-23(30)13-8-14-27-25(31)21-15-19-11-5-6-12-20(19)16-22(21)28-26(32)29-24-17(2)9-7-10-18(24)3/h5-7,9-12,15-16H,4,8,13-14H2,1-3H3,(H,27,31)(H2,28,29,32). The topological polar surface area (TPSA) is 96.5 Å². The van der Waals surface area contributed by atoms with Gasteiger partial charge in [-0.05, 0) is 61.2 Å². The molecule has 0 fully saturated rings.